The molecule has 226 valence electrons. The zero-order chi connectivity index (χ0) is 28.7. The molecule has 0 spiro atoms. The SMILES string of the molecule is CC/C=C\C/C=C\C/C=C\C/C=C\CCCCC(=O)NC(CO)C(O)CCCCCCCCCCCCCC. The molecule has 0 fully saturated rings. The van der Waals surface area contributed by atoms with Crippen LogP contribution in [-0.2, 0) is 4.79 Å². The molecule has 0 saturated heterocycles. The number of allylic oxidation sites excluding steroid dienone is 8. The topological polar surface area (TPSA) is 69.6 Å². The number of hydrogen-bond donors (Lipinski definition) is 3. The predicted molar refractivity (Wildman–Crippen MR) is 170 cm³/mol. The van der Waals surface area contributed by atoms with Crippen LogP contribution in [0.15, 0.2) is 48.6 Å². The first-order valence-corrected chi connectivity index (χ1v) is 16.3. The Morgan fingerprint density at radius 1 is 0.641 bits per heavy atom. The number of amides is 1. The van der Waals surface area contributed by atoms with Gasteiger partial charge in [0.25, 0.3) is 0 Å². The van der Waals surface area contributed by atoms with Crippen LogP contribution in [0.4, 0.5) is 0 Å². The molecular formula is C35H63NO3. The summed E-state index contributed by atoms with van der Waals surface area (Å²) in [7, 11) is 0. The molecule has 0 heterocycles. The Balaban J connectivity index is 3.72. The van der Waals surface area contributed by atoms with Gasteiger partial charge in [-0.05, 0) is 51.4 Å². The maximum Gasteiger partial charge on any atom is 0.220 e. The van der Waals surface area contributed by atoms with Gasteiger partial charge in [0.2, 0.25) is 5.91 Å². The highest BCUT2D eigenvalue weighted by molar-refractivity contribution is 5.76. The number of nitrogens with one attached hydrogen (secondary N) is 1. The average molecular weight is 546 g/mol. The Morgan fingerprint density at radius 3 is 1.64 bits per heavy atom. The molecule has 0 aromatic heterocycles. The van der Waals surface area contributed by atoms with Crippen molar-refractivity contribution in [3.8, 4) is 0 Å². The number of unbranched alkanes of at least 4 members (excludes halogenated alkanes) is 13. The summed E-state index contributed by atoms with van der Waals surface area (Å²) in [6.07, 6.45) is 40.1. The van der Waals surface area contributed by atoms with E-state index in [9.17, 15) is 15.0 Å². The molecule has 0 saturated carbocycles. The maximum absolute atomic E-state index is 12.3. The van der Waals surface area contributed by atoms with Crippen LogP contribution in [-0.4, -0.2) is 34.9 Å². The van der Waals surface area contributed by atoms with E-state index >= 15 is 0 Å². The summed E-state index contributed by atoms with van der Waals surface area (Å²) < 4.78 is 0. The fraction of sp³-hybridized carbons (Fsp3) is 0.743. The molecule has 0 aliphatic rings. The van der Waals surface area contributed by atoms with Gasteiger partial charge in [-0.3, -0.25) is 4.79 Å². The Kier molecular flexibility index (Phi) is 29.6. The summed E-state index contributed by atoms with van der Waals surface area (Å²) >= 11 is 0. The van der Waals surface area contributed by atoms with Crippen LogP contribution < -0.4 is 5.32 Å². The molecule has 4 heteroatoms. The fourth-order valence-electron chi connectivity index (χ4n) is 4.58. The molecule has 39 heavy (non-hydrogen) atoms. The highest BCUT2D eigenvalue weighted by Crippen LogP contribution is 2.14. The van der Waals surface area contributed by atoms with Gasteiger partial charge >= 0.3 is 0 Å². The van der Waals surface area contributed by atoms with E-state index in [1.165, 1.54) is 64.2 Å². The third-order valence-corrected chi connectivity index (χ3v) is 7.10. The van der Waals surface area contributed by atoms with E-state index in [1.54, 1.807) is 0 Å². The molecule has 3 N–H and O–H groups in total. The lowest BCUT2D eigenvalue weighted by Crippen LogP contribution is -2.45. The molecule has 0 aliphatic heterocycles. The van der Waals surface area contributed by atoms with Crippen LogP contribution in [0.2, 0.25) is 0 Å². The first-order valence-electron chi connectivity index (χ1n) is 16.3. The van der Waals surface area contributed by atoms with Gasteiger partial charge in [0, 0.05) is 6.42 Å². The second kappa shape index (κ2) is 30.9. The number of hydrogen-bond acceptors (Lipinski definition) is 3. The van der Waals surface area contributed by atoms with E-state index in [4.69, 9.17) is 0 Å². The van der Waals surface area contributed by atoms with Crippen LogP contribution in [0.5, 0.6) is 0 Å². The van der Waals surface area contributed by atoms with E-state index in [-0.39, 0.29) is 12.5 Å². The standard InChI is InChI=1S/C35H63NO3/c1-3-5-7-9-11-13-15-17-18-19-21-23-25-27-29-31-35(39)36-33(32-37)34(38)30-28-26-24-22-20-16-14-12-10-8-6-4-2/h5,7,11,13,17-18,21,23,33-34,37-38H,3-4,6,8-10,12,14-16,19-20,22,24-32H2,1-2H3,(H,36,39)/b7-5-,13-11-,18-17-,23-21-. The van der Waals surface area contributed by atoms with Gasteiger partial charge in [-0.2, -0.15) is 0 Å². The third kappa shape index (κ3) is 27.7. The van der Waals surface area contributed by atoms with E-state index in [1.807, 2.05) is 0 Å². The highest BCUT2D eigenvalue weighted by Gasteiger charge is 2.19. The second-order valence-electron chi connectivity index (χ2n) is 10.8. The van der Waals surface area contributed by atoms with Gasteiger partial charge in [-0.25, -0.2) is 0 Å². The molecule has 0 radical (unpaired) electrons. The third-order valence-electron chi connectivity index (χ3n) is 7.10. The van der Waals surface area contributed by atoms with Crippen molar-refractivity contribution < 1.29 is 15.0 Å². The Hall–Kier alpha value is -1.65. The van der Waals surface area contributed by atoms with Crippen LogP contribution in [0.25, 0.3) is 0 Å². The number of aliphatic hydroxyl groups excluding tert-OH is 2. The van der Waals surface area contributed by atoms with Crippen LogP contribution in [0, 0.1) is 0 Å². The first kappa shape index (κ1) is 37.4. The molecule has 0 aliphatic carbocycles. The van der Waals surface area contributed by atoms with Crippen molar-refractivity contribution in [2.24, 2.45) is 0 Å². The minimum Gasteiger partial charge on any atom is -0.394 e. The first-order chi connectivity index (χ1) is 19.2. The summed E-state index contributed by atoms with van der Waals surface area (Å²) in [5.41, 5.74) is 0. The van der Waals surface area contributed by atoms with Crippen LogP contribution in [0.3, 0.4) is 0 Å². The molecule has 0 rings (SSSR count). The van der Waals surface area contributed by atoms with Gasteiger partial charge in [0.1, 0.15) is 0 Å². The minimum atomic E-state index is -0.675. The Morgan fingerprint density at radius 2 is 1.13 bits per heavy atom. The summed E-state index contributed by atoms with van der Waals surface area (Å²) in [6, 6.07) is -0.556. The van der Waals surface area contributed by atoms with E-state index in [2.05, 4.69) is 67.8 Å². The van der Waals surface area contributed by atoms with Crippen molar-refractivity contribution in [2.75, 3.05) is 6.61 Å². The van der Waals surface area contributed by atoms with Crippen molar-refractivity contribution in [3.05, 3.63) is 48.6 Å². The monoisotopic (exact) mass is 545 g/mol. The zero-order valence-electron chi connectivity index (χ0n) is 25.6. The molecule has 0 bridgehead atoms. The van der Waals surface area contributed by atoms with E-state index in [0.29, 0.717) is 12.8 Å². The fourth-order valence-corrected chi connectivity index (χ4v) is 4.58. The summed E-state index contributed by atoms with van der Waals surface area (Å²) in [5, 5.41) is 22.9. The second-order valence-corrected chi connectivity index (χ2v) is 10.8. The summed E-state index contributed by atoms with van der Waals surface area (Å²) in [5.74, 6) is -0.0760. The number of carbonyl (C=O) groups is 1. The predicted octanol–water partition coefficient (Wildman–Crippen LogP) is 9.28. The maximum atomic E-state index is 12.3. The van der Waals surface area contributed by atoms with Crippen LogP contribution in [0.1, 0.15) is 149 Å². The van der Waals surface area contributed by atoms with Crippen molar-refractivity contribution in [1.29, 1.82) is 0 Å². The summed E-state index contributed by atoms with van der Waals surface area (Å²) in [4.78, 5) is 12.3. The number of rotatable bonds is 28. The number of aliphatic hydroxyl groups is 2. The molecule has 4 nitrogen and oxygen atoms in total. The van der Waals surface area contributed by atoms with Crippen molar-refractivity contribution >= 4 is 5.91 Å². The zero-order valence-corrected chi connectivity index (χ0v) is 25.6. The number of carbonyl (C=O) groups excluding carboxylic acids is 1. The Bertz CT molecular complexity index is 638. The van der Waals surface area contributed by atoms with Crippen molar-refractivity contribution in [1.82, 2.24) is 5.32 Å². The quantitative estimate of drug-likeness (QED) is 0.0677. The Labute approximate surface area is 242 Å². The lowest BCUT2D eigenvalue weighted by molar-refractivity contribution is -0.123. The molecule has 0 aromatic rings. The van der Waals surface area contributed by atoms with Gasteiger partial charge in [0.15, 0.2) is 0 Å². The smallest absolute Gasteiger partial charge is 0.220 e. The van der Waals surface area contributed by atoms with Gasteiger partial charge in [0.05, 0.1) is 18.8 Å². The van der Waals surface area contributed by atoms with Crippen molar-refractivity contribution in [3.63, 3.8) is 0 Å². The highest BCUT2D eigenvalue weighted by atomic mass is 16.3. The molecular weight excluding hydrogens is 482 g/mol. The van der Waals surface area contributed by atoms with Crippen molar-refractivity contribution in [2.45, 2.75) is 161 Å². The molecule has 2 atom stereocenters. The lowest BCUT2D eigenvalue weighted by atomic mass is 10.0. The largest absolute Gasteiger partial charge is 0.394 e. The average Bonchev–Trinajstić information content (AvgIpc) is 2.94. The lowest BCUT2D eigenvalue weighted by Gasteiger charge is -2.22. The van der Waals surface area contributed by atoms with Gasteiger partial charge in [-0.1, -0.05) is 140 Å². The summed E-state index contributed by atoms with van der Waals surface area (Å²) in [6.45, 7) is 4.19. The van der Waals surface area contributed by atoms with Gasteiger partial charge < -0.3 is 15.5 Å². The van der Waals surface area contributed by atoms with Crippen LogP contribution >= 0.6 is 0 Å². The molecule has 0 aromatic carbocycles. The molecule has 1 amide bonds. The normalized spacial score (nSPS) is 13.8. The van der Waals surface area contributed by atoms with Gasteiger partial charge in [-0.15, -0.1) is 0 Å². The minimum absolute atomic E-state index is 0.0760. The van der Waals surface area contributed by atoms with E-state index < -0.39 is 12.1 Å². The molecule has 2 unspecified atom stereocenters. The van der Waals surface area contributed by atoms with E-state index in [0.717, 1.165) is 57.8 Å².